The molecule has 1 fully saturated rings. The van der Waals surface area contributed by atoms with Gasteiger partial charge < -0.3 is 20.8 Å². The number of carbonyl (C=O) groups excluding carboxylic acids is 1. The van der Waals surface area contributed by atoms with E-state index in [4.69, 9.17) is 10.5 Å². The molecule has 2 heterocycles. The number of H-pyrrole nitrogens is 1. The topological polar surface area (TPSA) is 113 Å². The van der Waals surface area contributed by atoms with E-state index in [0.717, 1.165) is 37.2 Å². The second-order valence-electron chi connectivity index (χ2n) is 10.6. The number of benzene rings is 1. The number of carbonyl (C=O) groups is 1. The molecule has 1 aliphatic heterocycles. The standard InChI is InChI=1S/C27H37N5O3/c1-27(2,3)35-23(33)12-14-32-16-18-9-10-21(15-19(18)17-32)31-25(28)24-22(11-13-29-26(24)34)30-20-7-5-4-6-8-20/h9-11,13,15,20H,4-8,12,14,16-17H2,1-3H3,(H2,28,31)(H2,29,30,34). The molecule has 0 radical (unpaired) electrons. The number of hydrogen-bond donors (Lipinski definition) is 3. The Hall–Kier alpha value is -3.13. The fourth-order valence-corrected chi connectivity index (χ4v) is 4.84. The van der Waals surface area contributed by atoms with E-state index < -0.39 is 5.60 Å². The average molecular weight is 480 g/mol. The Bertz CT molecular complexity index is 1140. The minimum absolute atomic E-state index is 0.183. The van der Waals surface area contributed by atoms with Crippen molar-refractivity contribution in [2.24, 2.45) is 10.7 Å². The molecule has 0 saturated heterocycles. The fraction of sp³-hybridized carbons (Fsp3) is 0.519. The molecule has 1 saturated carbocycles. The highest BCUT2D eigenvalue weighted by Crippen LogP contribution is 2.28. The molecular weight excluding hydrogens is 442 g/mol. The predicted octanol–water partition coefficient (Wildman–Crippen LogP) is 4.20. The van der Waals surface area contributed by atoms with Gasteiger partial charge in [-0.3, -0.25) is 14.5 Å². The number of aromatic amines is 1. The van der Waals surface area contributed by atoms with Gasteiger partial charge in [-0.25, -0.2) is 4.99 Å². The summed E-state index contributed by atoms with van der Waals surface area (Å²) in [4.78, 5) is 34.3. The highest BCUT2D eigenvalue weighted by molar-refractivity contribution is 6.03. The maximum atomic E-state index is 12.7. The lowest BCUT2D eigenvalue weighted by atomic mass is 9.95. The lowest BCUT2D eigenvalue weighted by Crippen LogP contribution is -2.29. The summed E-state index contributed by atoms with van der Waals surface area (Å²) in [5, 5.41) is 3.52. The van der Waals surface area contributed by atoms with Crippen LogP contribution >= 0.6 is 0 Å². The van der Waals surface area contributed by atoms with Crippen molar-refractivity contribution in [1.29, 1.82) is 0 Å². The highest BCUT2D eigenvalue weighted by Gasteiger charge is 2.22. The van der Waals surface area contributed by atoms with Crippen molar-refractivity contribution >= 4 is 23.2 Å². The van der Waals surface area contributed by atoms with Crippen molar-refractivity contribution in [3.63, 3.8) is 0 Å². The van der Waals surface area contributed by atoms with Crippen molar-refractivity contribution in [2.45, 2.75) is 84.0 Å². The molecule has 1 aromatic heterocycles. The molecular formula is C27H37N5O3. The van der Waals surface area contributed by atoms with Gasteiger partial charge in [-0.15, -0.1) is 0 Å². The quantitative estimate of drug-likeness (QED) is 0.312. The third-order valence-electron chi connectivity index (χ3n) is 6.46. The first-order valence-corrected chi connectivity index (χ1v) is 12.6. The second-order valence-corrected chi connectivity index (χ2v) is 10.6. The number of nitrogens with zero attached hydrogens (tertiary/aromatic N) is 2. The average Bonchev–Trinajstić information content (AvgIpc) is 3.19. The van der Waals surface area contributed by atoms with Gasteiger partial charge in [0.25, 0.3) is 5.56 Å². The Balaban J connectivity index is 1.44. The molecule has 0 bridgehead atoms. The number of nitrogens with two attached hydrogens (primary N) is 1. The summed E-state index contributed by atoms with van der Waals surface area (Å²) in [6.07, 6.45) is 7.85. The Morgan fingerprint density at radius 2 is 1.91 bits per heavy atom. The van der Waals surface area contributed by atoms with E-state index in [9.17, 15) is 9.59 Å². The van der Waals surface area contributed by atoms with Crippen molar-refractivity contribution in [3.8, 4) is 0 Å². The van der Waals surface area contributed by atoms with Gasteiger partial charge in [0.2, 0.25) is 0 Å². The van der Waals surface area contributed by atoms with Crippen molar-refractivity contribution in [1.82, 2.24) is 9.88 Å². The van der Waals surface area contributed by atoms with E-state index in [1.807, 2.05) is 45.0 Å². The minimum Gasteiger partial charge on any atom is -0.460 e. The Morgan fingerprint density at radius 3 is 2.66 bits per heavy atom. The second kappa shape index (κ2) is 10.6. The molecule has 0 atom stereocenters. The fourth-order valence-electron chi connectivity index (χ4n) is 4.84. The van der Waals surface area contributed by atoms with Crippen LogP contribution in [-0.2, 0) is 22.6 Å². The van der Waals surface area contributed by atoms with Gasteiger partial charge in [-0.2, -0.15) is 0 Å². The smallest absolute Gasteiger partial charge is 0.307 e. The Labute approximate surface area is 207 Å². The first-order valence-electron chi connectivity index (χ1n) is 12.6. The Morgan fingerprint density at radius 1 is 1.17 bits per heavy atom. The van der Waals surface area contributed by atoms with Gasteiger partial charge in [0.05, 0.1) is 17.8 Å². The molecule has 0 spiro atoms. The van der Waals surface area contributed by atoms with Crippen molar-refractivity contribution in [2.75, 3.05) is 11.9 Å². The molecule has 188 valence electrons. The molecule has 2 aromatic rings. The van der Waals surface area contributed by atoms with Crippen LogP contribution in [0.2, 0.25) is 0 Å². The number of aliphatic imine (C=N–C) groups is 1. The number of ether oxygens (including phenoxy) is 1. The zero-order chi connectivity index (χ0) is 25.0. The Kier molecular flexibility index (Phi) is 7.60. The summed E-state index contributed by atoms with van der Waals surface area (Å²) < 4.78 is 5.42. The molecule has 0 amide bonds. The maximum absolute atomic E-state index is 12.7. The molecule has 0 unspecified atom stereocenters. The molecule has 1 aromatic carbocycles. The highest BCUT2D eigenvalue weighted by atomic mass is 16.6. The molecule has 8 nitrogen and oxygen atoms in total. The lowest BCUT2D eigenvalue weighted by Gasteiger charge is -2.24. The summed E-state index contributed by atoms with van der Waals surface area (Å²) in [7, 11) is 0. The van der Waals surface area contributed by atoms with Crippen LogP contribution in [0.15, 0.2) is 40.2 Å². The number of rotatable bonds is 7. The van der Waals surface area contributed by atoms with Crippen LogP contribution in [0.3, 0.4) is 0 Å². The van der Waals surface area contributed by atoms with Crippen LogP contribution in [0.25, 0.3) is 0 Å². The van der Waals surface area contributed by atoms with Crippen molar-refractivity contribution < 1.29 is 9.53 Å². The molecule has 4 rings (SSSR count). The van der Waals surface area contributed by atoms with E-state index in [1.54, 1.807) is 6.20 Å². The molecule has 1 aliphatic carbocycles. The summed E-state index contributed by atoms with van der Waals surface area (Å²) >= 11 is 0. The number of amidine groups is 1. The normalized spacial score (nSPS) is 17.3. The lowest BCUT2D eigenvalue weighted by molar-refractivity contribution is -0.155. The number of pyridine rings is 1. The number of aromatic nitrogens is 1. The molecule has 8 heteroatoms. The van der Waals surface area contributed by atoms with E-state index in [2.05, 4.69) is 20.2 Å². The number of anilines is 1. The predicted molar refractivity (Wildman–Crippen MR) is 139 cm³/mol. The zero-order valence-corrected chi connectivity index (χ0v) is 21.0. The third kappa shape index (κ3) is 6.72. The van der Waals surface area contributed by atoms with E-state index in [0.29, 0.717) is 30.3 Å². The number of esters is 1. The maximum Gasteiger partial charge on any atom is 0.307 e. The van der Waals surface area contributed by atoms with E-state index in [-0.39, 0.29) is 17.4 Å². The van der Waals surface area contributed by atoms with Crippen LogP contribution in [0.4, 0.5) is 11.4 Å². The van der Waals surface area contributed by atoms with Crippen LogP contribution in [0.1, 0.15) is 76.0 Å². The number of nitrogens with one attached hydrogen (secondary N) is 2. The largest absolute Gasteiger partial charge is 0.460 e. The number of fused-ring (bicyclic) bond motifs is 1. The molecule has 4 N–H and O–H groups in total. The van der Waals surface area contributed by atoms with Gasteiger partial charge in [0.1, 0.15) is 17.0 Å². The third-order valence-corrected chi connectivity index (χ3v) is 6.46. The summed E-state index contributed by atoms with van der Waals surface area (Å²) in [6, 6.07) is 8.20. The van der Waals surface area contributed by atoms with Crippen LogP contribution in [-0.4, -0.2) is 39.9 Å². The minimum atomic E-state index is -0.468. The summed E-state index contributed by atoms with van der Waals surface area (Å²) in [5.74, 6) is 0.0159. The zero-order valence-electron chi connectivity index (χ0n) is 21.0. The van der Waals surface area contributed by atoms with Gasteiger partial charge in [-0.1, -0.05) is 25.3 Å². The first kappa shape index (κ1) is 25.0. The first-order chi connectivity index (χ1) is 16.7. The van der Waals surface area contributed by atoms with Crippen LogP contribution < -0.4 is 16.6 Å². The van der Waals surface area contributed by atoms with Gasteiger partial charge in [0.15, 0.2) is 0 Å². The van der Waals surface area contributed by atoms with Gasteiger partial charge in [0, 0.05) is 31.9 Å². The van der Waals surface area contributed by atoms with Crippen LogP contribution in [0.5, 0.6) is 0 Å². The van der Waals surface area contributed by atoms with E-state index >= 15 is 0 Å². The number of hydrogen-bond acceptors (Lipinski definition) is 6. The van der Waals surface area contributed by atoms with E-state index in [1.165, 1.54) is 24.8 Å². The summed E-state index contributed by atoms with van der Waals surface area (Å²) in [5.41, 5.74) is 9.85. The molecule has 2 aliphatic rings. The SMILES string of the molecule is CC(C)(C)OC(=O)CCN1Cc2ccc(N=C(N)c3c(NC4CCCCC4)cc[nH]c3=O)cc2C1. The molecule has 35 heavy (non-hydrogen) atoms. The van der Waals surface area contributed by atoms with Gasteiger partial charge >= 0.3 is 5.97 Å². The monoisotopic (exact) mass is 479 g/mol. The van der Waals surface area contributed by atoms with Gasteiger partial charge in [-0.05, 0) is 62.9 Å². The van der Waals surface area contributed by atoms with Crippen molar-refractivity contribution in [3.05, 3.63) is 57.5 Å². The summed E-state index contributed by atoms with van der Waals surface area (Å²) in [6.45, 7) is 7.79. The van der Waals surface area contributed by atoms with Crippen LogP contribution in [0, 0.1) is 0 Å².